The van der Waals surface area contributed by atoms with Gasteiger partial charge in [0.25, 0.3) is 0 Å². The molecule has 2 fully saturated rings. The van der Waals surface area contributed by atoms with Crippen LogP contribution in [0.5, 0.6) is 0 Å². The van der Waals surface area contributed by atoms with Crippen molar-refractivity contribution >= 4 is 5.97 Å². The van der Waals surface area contributed by atoms with Crippen LogP contribution < -0.4 is 0 Å². The van der Waals surface area contributed by atoms with Gasteiger partial charge in [0.15, 0.2) is 0 Å². The van der Waals surface area contributed by atoms with Gasteiger partial charge in [0.05, 0.1) is 44.1 Å². The highest BCUT2D eigenvalue weighted by Crippen LogP contribution is 2.36. The quantitative estimate of drug-likeness (QED) is 0.592. The van der Waals surface area contributed by atoms with Gasteiger partial charge < -0.3 is 19.3 Å². The second kappa shape index (κ2) is 7.20. The van der Waals surface area contributed by atoms with Crippen molar-refractivity contribution in [3.63, 3.8) is 0 Å². The molecule has 2 aliphatic rings. The number of fused-ring (bicyclic) bond motifs is 1. The van der Waals surface area contributed by atoms with E-state index in [2.05, 4.69) is 11.7 Å². The minimum atomic E-state index is -0.481. The highest BCUT2D eigenvalue weighted by atomic mass is 16.6. The van der Waals surface area contributed by atoms with Crippen LogP contribution >= 0.6 is 0 Å². The van der Waals surface area contributed by atoms with Gasteiger partial charge in [-0.1, -0.05) is 19.1 Å². The van der Waals surface area contributed by atoms with E-state index in [0.29, 0.717) is 19.3 Å². The number of carbonyl (C=O) groups excluding carboxylic acids is 1. The van der Waals surface area contributed by atoms with E-state index < -0.39 is 6.10 Å². The number of aliphatic hydroxyl groups is 1. The number of esters is 1. The summed E-state index contributed by atoms with van der Waals surface area (Å²) < 4.78 is 16.3. The second-order valence-electron chi connectivity index (χ2n) is 5.44. The third kappa shape index (κ3) is 3.81. The van der Waals surface area contributed by atoms with Crippen molar-refractivity contribution < 1.29 is 24.1 Å². The molecule has 0 spiro atoms. The van der Waals surface area contributed by atoms with Crippen LogP contribution in [0.2, 0.25) is 0 Å². The second-order valence-corrected chi connectivity index (χ2v) is 5.44. The Morgan fingerprint density at radius 2 is 2.10 bits per heavy atom. The SMILES string of the molecule is CC/C=C/C[C@H](O)[C@H]1C[C@H]2O[C@H](CC(=O)OC)C[C@H]2O1. The third-order valence-electron chi connectivity index (χ3n) is 3.92. The van der Waals surface area contributed by atoms with E-state index >= 15 is 0 Å². The standard InChI is InChI=1S/C15H24O5/c1-3-4-5-6-11(16)12-9-14-13(20-12)7-10(19-14)8-15(17)18-2/h4-5,10-14,16H,3,6-9H2,1-2H3/b5-4+/t10-,11-,12+,13+,14+/m0/s1. The summed E-state index contributed by atoms with van der Waals surface area (Å²) in [7, 11) is 1.38. The van der Waals surface area contributed by atoms with Crippen molar-refractivity contribution in [2.45, 2.75) is 69.5 Å². The van der Waals surface area contributed by atoms with E-state index in [-0.39, 0.29) is 36.8 Å². The lowest BCUT2D eigenvalue weighted by molar-refractivity contribution is -0.143. The first kappa shape index (κ1) is 15.5. The molecule has 0 radical (unpaired) electrons. The fourth-order valence-corrected chi connectivity index (χ4v) is 2.86. The summed E-state index contributed by atoms with van der Waals surface area (Å²) in [6.07, 6.45) is 6.54. The molecule has 5 nitrogen and oxygen atoms in total. The minimum Gasteiger partial charge on any atom is -0.469 e. The Morgan fingerprint density at radius 3 is 2.75 bits per heavy atom. The number of methoxy groups -OCH3 is 1. The molecule has 0 aromatic rings. The van der Waals surface area contributed by atoms with Crippen LogP contribution in [-0.2, 0) is 19.0 Å². The third-order valence-corrected chi connectivity index (χ3v) is 3.92. The first-order chi connectivity index (χ1) is 9.63. The molecule has 5 atom stereocenters. The number of rotatable bonds is 6. The summed E-state index contributed by atoms with van der Waals surface area (Å²) in [5.41, 5.74) is 0. The Bertz CT molecular complexity index is 340. The maximum absolute atomic E-state index is 11.2. The zero-order chi connectivity index (χ0) is 14.5. The van der Waals surface area contributed by atoms with Crippen molar-refractivity contribution in [1.29, 1.82) is 0 Å². The van der Waals surface area contributed by atoms with Gasteiger partial charge >= 0.3 is 5.97 Å². The summed E-state index contributed by atoms with van der Waals surface area (Å²) in [6, 6.07) is 0. The van der Waals surface area contributed by atoms with Gasteiger partial charge in [-0.15, -0.1) is 0 Å². The van der Waals surface area contributed by atoms with Gasteiger partial charge in [-0.2, -0.15) is 0 Å². The average Bonchev–Trinajstić information content (AvgIpc) is 2.96. The van der Waals surface area contributed by atoms with Crippen LogP contribution in [0.3, 0.4) is 0 Å². The Balaban J connectivity index is 1.76. The predicted octanol–water partition coefficient (Wildman–Crippen LogP) is 1.58. The highest BCUT2D eigenvalue weighted by molar-refractivity contribution is 5.69. The first-order valence-electron chi connectivity index (χ1n) is 7.34. The van der Waals surface area contributed by atoms with Gasteiger partial charge in [-0.05, 0) is 12.8 Å². The average molecular weight is 284 g/mol. The number of carbonyl (C=O) groups is 1. The molecule has 2 rings (SSSR count). The molecule has 0 bridgehead atoms. The normalized spacial score (nSPS) is 34.4. The summed E-state index contributed by atoms with van der Waals surface area (Å²) in [4.78, 5) is 11.2. The molecule has 114 valence electrons. The maximum atomic E-state index is 11.2. The van der Waals surface area contributed by atoms with Gasteiger partial charge in [-0.25, -0.2) is 0 Å². The molecule has 0 amide bonds. The molecule has 5 heteroatoms. The van der Waals surface area contributed by atoms with Crippen LogP contribution in [0.4, 0.5) is 0 Å². The van der Waals surface area contributed by atoms with E-state index in [1.165, 1.54) is 7.11 Å². The van der Waals surface area contributed by atoms with E-state index in [9.17, 15) is 9.90 Å². The molecule has 1 N–H and O–H groups in total. The number of aliphatic hydroxyl groups excluding tert-OH is 1. The summed E-state index contributed by atoms with van der Waals surface area (Å²) >= 11 is 0. The van der Waals surface area contributed by atoms with E-state index in [1.807, 2.05) is 12.2 Å². The molecule has 0 aliphatic carbocycles. The monoisotopic (exact) mass is 284 g/mol. The molecule has 0 aromatic carbocycles. The van der Waals surface area contributed by atoms with Crippen LogP contribution in [0.15, 0.2) is 12.2 Å². The highest BCUT2D eigenvalue weighted by Gasteiger charge is 2.46. The van der Waals surface area contributed by atoms with Crippen molar-refractivity contribution in [2.75, 3.05) is 7.11 Å². The Labute approximate surface area is 119 Å². The number of allylic oxidation sites excluding steroid dienone is 1. The number of hydrogen-bond donors (Lipinski definition) is 1. The molecule has 20 heavy (non-hydrogen) atoms. The molecule has 0 unspecified atom stereocenters. The zero-order valence-corrected chi connectivity index (χ0v) is 12.2. The van der Waals surface area contributed by atoms with Crippen molar-refractivity contribution in [1.82, 2.24) is 0 Å². The van der Waals surface area contributed by atoms with E-state index in [4.69, 9.17) is 9.47 Å². The smallest absolute Gasteiger partial charge is 0.308 e. The Morgan fingerprint density at radius 1 is 1.35 bits per heavy atom. The topological polar surface area (TPSA) is 65.0 Å². The molecule has 2 saturated heterocycles. The molecule has 2 aliphatic heterocycles. The Hall–Kier alpha value is -0.910. The van der Waals surface area contributed by atoms with Gasteiger partial charge in [0.2, 0.25) is 0 Å². The van der Waals surface area contributed by atoms with Crippen LogP contribution in [-0.4, -0.2) is 48.7 Å². The summed E-state index contributed by atoms with van der Waals surface area (Å²) in [5.74, 6) is -0.253. The van der Waals surface area contributed by atoms with Gasteiger partial charge in [0, 0.05) is 12.8 Å². The summed E-state index contributed by atoms with van der Waals surface area (Å²) in [6.45, 7) is 2.06. The van der Waals surface area contributed by atoms with Crippen LogP contribution in [0.1, 0.15) is 39.0 Å². The lowest BCUT2D eigenvalue weighted by Gasteiger charge is -2.19. The van der Waals surface area contributed by atoms with Crippen LogP contribution in [0, 0.1) is 0 Å². The van der Waals surface area contributed by atoms with E-state index in [1.54, 1.807) is 0 Å². The van der Waals surface area contributed by atoms with Gasteiger partial charge in [-0.3, -0.25) is 4.79 Å². The largest absolute Gasteiger partial charge is 0.469 e. The summed E-state index contributed by atoms with van der Waals surface area (Å²) in [5, 5.41) is 10.1. The van der Waals surface area contributed by atoms with Crippen LogP contribution in [0.25, 0.3) is 0 Å². The lowest BCUT2D eigenvalue weighted by atomic mass is 10.0. The zero-order valence-electron chi connectivity index (χ0n) is 12.2. The number of ether oxygens (including phenoxy) is 3. The van der Waals surface area contributed by atoms with Crippen molar-refractivity contribution in [3.8, 4) is 0 Å². The van der Waals surface area contributed by atoms with Gasteiger partial charge in [0.1, 0.15) is 0 Å². The molecule has 0 saturated carbocycles. The minimum absolute atomic E-state index is 0.000499. The molecular formula is C15H24O5. The number of hydrogen-bond acceptors (Lipinski definition) is 5. The van der Waals surface area contributed by atoms with Crippen molar-refractivity contribution in [2.24, 2.45) is 0 Å². The predicted molar refractivity (Wildman–Crippen MR) is 73.2 cm³/mol. The lowest BCUT2D eigenvalue weighted by Crippen LogP contribution is -2.27. The molecular weight excluding hydrogens is 260 g/mol. The Kier molecular flexibility index (Phi) is 5.57. The van der Waals surface area contributed by atoms with Crippen molar-refractivity contribution in [3.05, 3.63) is 12.2 Å². The fraction of sp³-hybridized carbons (Fsp3) is 0.800. The fourth-order valence-electron chi connectivity index (χ4n) is 2.86. The maximum Gasteiger partial charge on any atom is 0.308 e. The van der Waals surface area contributed by atoms with E-state index in [0.717, 1.165) is 6.42 Å². The first-order valence-corrected chi connectivity index (χ1v) is 7.34. The molecule has 2 heterocycles. The molecule has 0 aromatic heterocycles.